The predicted octanol–water partition coefficient (Wildman–Crippen LogP) is 2.46. The molecule has 0 aliphatic rings. The van der Waals surface area contributed by atoms with Gasteiger partial charge in [0.15, 0.2) is 5.82 Å². The van der Waals surface area contributed by atoms with Gasteiger partial charge in [0.2, 0.25) is 5.89 Å². The average molecular weight is 274 g/mol. The standard InChI is InChI=1S/C15H22N4O/c1-15(2,3)11-5-7-12(8-6-11)19(4)10-13-17-14(9-16)20-18-13/h5-8H,9-10,16H2,1-4H3. The van der Waals surface area contributed by atoms with Gasteiger partial charge < -0.3 is 15.2 Å². The summed E-state index contributed by atoms with van der Waals surface area (Å²) in [6.45, 7) is 7.49. The highest BCUT2D eigenvalue weighted by molar-refractivity contribution is 5.47. The zero-order valence-electron chi connectivity index (χ0n) is 12.6. The maximum absolute atomic E-state index is 5.45. The lowest BCUT2D eigenvalue weighted by Crippen LogP contribution is -2.18. The van der Waals surface area contributed by atoms with Gasteiger partial charge in [-0.3, -0.25) is 0 Å². The van der Waals surface area contributed by atoms with Crippen LogP contribution in [0.2, 0.25) is 0 Å². The molecule has 2 rings (SSSR count). The van der Waals surface area contributed by atoms with Crippen LogP contribution in [0.4, 0.5) is 5.69 Å². The molecule has 0 bridgehead atoms. The number of nitrogens with zero attached hydrogens (tertiary/aromatic N) is 3. The predicted molar refractivity (Wildman–Crippen MR) is 79.4 cm³/mol. The summed E-state index contributed by atoms with van der Waals surface area (Å²) < 4.78 is 5.00. The number of benzene rings is 1. The molecule has 108 valence electrons. The summed E-state index contributed by atoms with van der Waals surface area (Å²) in [7, 11) is 2.00. The van der Waals surface area contributed by atoms with Crippen LogP contribution in [0.1, 0.15) is 38.0 Å². The van der Waals surface area contributed by atoms with Crippen LogP contribution in [-0.4, -0.2) is 17.2 Å². The van der Waals surface area contributed by atoms with E-state index in [1.807, 2.05) is 7.05 Å². The van der Waals surface area contributed by atoms with Gasteiger partial charge in [-0.15, -0.1) is 0 Å². The molecular weight excluding hydrogens is 252 g/mol. The fourth-order valence-corrected chi connectivity index (χ4v) is 1.96. The Balaban J connectivity index is 2.07. The van der Waals surface area contributed by atoms with Crippen LogP contribution in [-0.2, 0) is 18.5 Å². The Labute approximate surface area is 119 Å². The van der Waals surface area contributed by atoms with E-state index >= 15 is 0 Å². The second-order valence-electron chi connectivity index (χ2n) is 5.96. The molecule has 0 aliphatic heterocycles. The van der Waals surface area contributed by atoms with Crippen LogP contribution < -0.4 is 10.6 Å². The average Bonchev–Trinajstić information content (AvgIpc) is 2.85. The summed E-state index contributed by atoms with van der Waals surface area (Å²) in [5.74, 6) is 1.12. The lowest BCUT2D eigenvalue weighted by Gasteiger charge is -2.22. The monoisotopic (exact) mass is 274 g/mol. The third kappa shape index (κ3) is 3.36. The van der Waals surface area contributed by atoms with Gasteiger partial charge in [0.25, 0.3) is 0 Å². The zero-order chi connectivity index (χ0) is 14.8. The summed E-state index contributed by atoms with van der Waals surface area (Å²) in [5.41, 5.74) is 8.06. The summed E-state index contributed by atoms with van der Waals surface area (Å²) in [6, 6.07) is 8.55. The van der Waals surface area contributed by atoms with E-state index in [4.69, 9.17) is 10.3 Å². The molecule has 0 saturated carbocycles. The van der Waals surface area contributed by atoms with Crippen LogP contribution >= 0.6 is 0 Å². The Morgan fingerprint density at radius 2 is 1.85 bits per heavy atom. The van der Waals surface area contributed by atoms with Crippen LogP contribution in [0.5, 0.6) is 0 Å². The van der Waals surface area contributed by atoms with Gasteiger partial charge in [-0.25, -0.2) is 0 Å². The van der Waals surface area contributed by atoms with Crippen molar-refractivity contribution in [3.8, 4) is 0 Å². The highest BCUT2D eigenvalue weighted by atomic mass is 16.5. The van der Waals surface area contributed by atoms with Crippen molar-refractivity contribution in [3.05, 3.63) is 41.5 Å². The molecule has 0 amide bonds. The third-order valence-electron chi connectivity index (χ3n) is 3.24. The largest absolute Gasteiger partial charge is 0.367 e. The zero-order valence-corrected chi connectivity index (χ0v) is 12.6. The Hall–Kier alpha value is -1.88. The molecule has 1 aromatic carbocycles. The Bertz CT molecular complexity index is 554. The van der Waals surface area contributed by atoms with Crippen molar-refractivity contribution >= 4 is 5.69 Å². The van der Waals surface area contributed by atoms with Crippen LogP contribution in [0.3, 0.4) is 0 Å². The number of rotatable bonds is 4. The number of hydrogen-bond donors (Lipinski definition) is 1. The molecule has 1 aromatic heterocycles. The van der Waals surface area contributed by atoms with E-state index in [0.29, 0.717) is 18.3 Å². The van der Waals surface area contributed by atoms with Gasteiger partial charge in [0.1, 0.15) is 0 Å². The normalized spacial score (nSPS) is 11.7. The summed E-state index contributed by atoms with van der Waals surface area (Å²) in [5, 5.41) is 3.90. The van der Waals surface area contributed by atoms with E-state index in [1.54, 1.807) is 0 Å². The van der Waals surface area contributed by atoms with Gasteiger partial charge in [-0.05, 0) is 23.1 Å². The molecule has 0 spiro atoms. The number of aromatic nitrogens is 2. The van der Waals surface area contributed by atoms with Crippen LogP contribution in [0, 0.1) is 0 Å². The number of hydrogen-bond acceptors (Lipinski definition) is 5. The van der Waals surface area contributed by atoms with Gasteiger partial charge in [-0.2, -0.15) is 4.98 Å². The molecule has 0 unspecified atom stereocenters. The molecule has 0 aliphatic carbocycles. The number of anilines is 1. The van der Waals surface area contributed by atoms with Gasteiger partial charge in [-0.1, -0.05) is 38.1 Å². The van der Waals surface area contributed by atoms with Crippen LogP contribution in [0.15, 0.2) is 28.8 Å². The lowest BCUT2D eigenvalue weighted by atomic mass is 9.87. The second kappa shape index (κ2) is 5.63. The molecule has 5 heteroatoms. The Morgan fingerprint density at radius 3 is 2.35 bits per heavy atom. The summed E-state index contributed by atoms with van der Waals surface area (Å²) >= 11 is 0. The molecule has 0 fully saturated rings. The minimum Gasteiger partial charge on any atom is -0.367 e. The van der Waals surface area contributed by atoms with Crippen molar-refractivity contribution in [1.82, 2.24) is 10.1 Å². The van der Waals surface area contributed by atoms with Gasteiger partial charge in [0, 0.05) is 12.7 Å². The minimum atomic E-state index is 0.167. The molecular formula is C15H22N4O. The smallest absolute Gasteiger partial charge is 0.240 e. The maximum Gasteiger partial charge on any atom is 0.240 e. The number of nitrogens with two attached hydrogens (primary N) is 1. The molecule has 20 heavy (non-hydrogen) atoms. The van der Waals surface area contributed by atoms with Crippen molar-refractivity contribution in [3.63, 3.8) is 0 Å². The Morgan fingerprint density at radius 1 is 1.20 bits per heavy atom. The van der Waals surface area contributed by atoms with Crippen molar-refractivity contribution in [1.29, 1.82) is 0 Å². The van der Waals surface area contributed by atoms with E-state index in [9.17, 15) is 0 Å². The molecule has 1 heterocycles. The Kier molecular flexibility index (Phi) is 4.09. The first-order valence-corrected chi connectivity index (χ1v) is 6.73. The second-order valence-corrected chi connectivity index (χ2v) is 5.96. The van der Waals surface area contributed by atoms with E-state index < -0.39 is 0 Å². The molecule has 2 N–H and O–H groups in total. The molecule has 2 aromatic rings. The first kappa shape index (κ1) is 14.5. The molecule has 5 nitrogen and oxygen atoms in total. The third-order valence-corrected chi connectivity index (χ3v) is 3.24. The fourth-order valence-electron chi connectivity index (χ4n) is 1.96. The van der Waals surface area contributed by atoms with Crippen molar-refractivity contribution < 1.29 is 4.52 Å². The first-order valence-electron chi connectivity index (χ1n) is 6.73. The quantitative estimate of drug-likeness (QED) is 0.927. The summed E-state index contributed by atoms with van der Waals surface area (Å²) in [4.78, 5) is 6.29. The molecule has 0 saturated heterocycles. The van der Waals surface area contributed by atoms with Gasteiger partial charge >= 0.3 is 0 Å². The minimum absolute atomic E-state index is 0.167. The lowest BCUT2D eigenvalue weighted by molar-refractivity contribution is 0.374. The highest BCUT2D eigenvalue weighted by Gasteiger charge is 2.14. The molecule has 0 radical (unpaired) electrons. The van der Waals surface area contributed by atoms with E-state index in [2.05, 4.69) is 60.1 Å². The van der Waals surface area contributed by atoms with Crippen molar-refractivity contribution in [2.24, 2.45) is 5.73 Å². The highest BCUT2D eigenvalue weighted by Crippen LogP contribution is 2.24. The van der Waals surface area contributed by atoms with E-state index in [-0.39, 0.29) is 12.0 Å². The topological polar surface area (TPSA) is 68.2 Å². The van der Waals surface area contributed by atoms with E-state index in [1.165, 1.54) is 5.56 Å². The summed E-state index contributed by atoms with van der Waals surface area (Å²) in [6.07, 6.45) is 0. The fraction of sp³-hybridized carbons (Fsp3) is 0.467. The van der Waals surface area contributed by atoms with Gasteiger partial charge in [0.05, 0.1) is 13.1 Å². The van der Waals surface area contributed by atoms with Crippen molar-refractivity contribution in [2.75, 3.05) is 11.9 Å². The van der Waals surface area contributed by atoms with E-state index in [0.717, 1.165) is 5.69 Å². The van der Waals surface area contributed by atoms with Crippen LogP contribution in [0.25, 0.3) is 0 Å². The van der Waals surface area contributed by atoms with Crippen molar-refractivity contribution in [2.45, 2.75) is 39.3 Å². The molecule has 0 atom stereocenters. The first-order chi connectivity index (χ1) is 9.40. The maximum atomic E-state index is 5.45. The SMILES string of the molecule is CN(Cc1noc(CN)n1)c1ccc(C(C)(C)C)cc1.